The van der Waals surface area contributed by atoms with E-state index in [4.69, 9.17) is 19.7 Å². The van der Waals surface area contributed by atoms with Gasteiger partial charge in [-0.1, -0.05) is 0 Å². The first-order valence-electron chi connectivity index (χ1n) is 6.67. The molecule has 1 aromatic heterocycles. The third-order valence-electron chi connectivity index (χ3n) is 2.62. The van der Waals surface area contributed by atoms with Crippen LogP contribution in [0.1, 0.15) is 0 Å². The molecule has 0 spiro atoms. The molecule has 23 heavy (non-hydrogen) atoms. The molecular weight excluding hydrogens is 321 g/mol. The topological polar surface area (TPSA) is 108 Å². The third kappa shape index (κ3) is 7.10. The van der Waals surface area contributed by atoms with Crippen LogP contribution in [0.4, 0.5) is 19.0 Å². The number of carbonyl (C=O) groups is 1. The van der Waals surface area contributed by atoms with Crippen LogP contribution in [0.5, 0.6) is 6.01 Å². The molecule has 1 saturated heterocycles. The predicted molar refractivity (Wildman–Crippen MR) is 73.4 cm³/mol. The van der Waals surface area contributed by atoms with Crippen molar-refractivity contribution in [2.45, 2.75) is 6.18 Å². The molecule has 11 heteroatoms. The minimum absolute atomic E-state index is 0.0266. The highest BCUT2D eigenvalue weighted by Gasteiger charge is 2.38. The summed E-state index contributed by atoms with van der Waals surface area (Å²) in [4.78, 5) is 19.4. The zero-order chi connectivity index (χ0) is 17.3. The summed E-state index contributed by atoms with van der Waals surface area (Å²) in [5.74, 6) is -1.88. The molecule has 0 bridgehead atoms. The van der Waals surface area contributed by atoms with E-state index in [0.717, 1.165) is 32.0 Å². The summed E-state index contributed by atoms with van der Waals surface area (Å²) in [6.07, 6.45) is -3.41. The van der Waals surface area contributed by atoms with Crippen LogP contribution in [0.3, 0.4) is 0 Å². The lowest BCUT2D eigenvalue weighted by Crippen LogP contribution is -2.43. The van der Waals surface area contributed by atoms with Gasteiger partial charge < -0.3 is 25.2 Å². The van der Waals surface area contributed by atoms with Gasteiger partial charge in [0.25, 0.3) is 0 Å². The SMILES string of the molecule is O=C(O)C(F)(F)F.OCCOc1nccc(N2CCNCC2)n1. The van der Waals surface area contributed by atoms with Crippen LogP contribution in [0, 0.1) is 0 Å². The van der Waals surface area contributed by atoms with E-state index in [0.29, 0.717) is 6.01 Å². The average Bonchev–Trinajstić information content (AvgIpc) is 2.54. The van der Waals surface area contributed by atoms with E-state index in [-0.39, 0.29) is 13.2 Å². The number of carboxylic acid groups (broad SMARTS) is 1. The van der Waals surface area contributed by atoms with E-state index in [9.17, 15) is 13.2 Å². The molecule has 2 rings (SSSR count). The first kappa shape index (κ1) is 18.9. The minimum Gasteiger partial charge on any atom is -0.475 e. The highest BCUT2D eigenvalue weighted by atomic mass is 19.4. The number of nitrogens with zero attached hydrogens (tertiary/aromatic N) is 3. The number of rotatable bonds is 4. The zero-order valence-corrected chi connectivity index (χ0v) is 12.1. The van der Waals surface area contributed by atoms with Crippen molar-refractivity contribution in [1.29, 1.82) is 0 Å². The molecule has 0 saturated carbocycles. The Morgan fingerprint density at radius 1 is 1.39 bits per heavy atom. The summed E-state index contributed by atoms with van der Waals surface area (Å²) in [5, 5.41) is 19.1. The molecule has 1 aromatic rings. The summed E-state index contributed by atoms with van der Waals surface area (Å²) in [6, 6.07) is 2.20. The van der Waals surface area contributed by atoms with Gasteiger partial charge in [-0.15, -0.1) is 0 Å². The van der Waals surface area contributed by atoms with Crippen LogP contribution < -0.4 is 15.0 Å². The van der Waals surface area contributed by atoms with Crippen LogP contribution >= 0.6 is 0 Å². The van der Waals surface area contributed by atoms with Gasteiger partial charge in [-0.3, -0.25) is 0 Å². The number of hydrogen-bond acceptors (Lipinski definition) is 7. The normalized spacial score (nSPS) is 14.7. The molecule has 0 aromatic carbocycles. The van der Waals surface area contributed by atoms with Crippen molar-refractivity contribution in [2.24, 2.45) is 0 Å². The largest absolute Gasteiger partial charge is 0.490 e. The van der Waals surface area contributed by atoms with Gasteiger partial charge in [0.15, 0.2) is 0 Å². The highest BCUT2D eigenvalue weighted by Crippen LogP contribution is 2.14. The van der Waals surface area contributed by atoms with E-state index < -0.39 is 12.1 Å². The maximum Gasteiger partial charge on any atom is 0.490 e. The lowest BCUT2D eigenvalue weighted by molar-refractivity contribution is -0.192. The van der Waals surface area contributed by atoms with Gasteiger partial charge >= 0.3 is 18.2 Å². The van der Waals surface area contributed by atoms with E-state index in [1.165, 1.54) is 0 Å². The standard InChI is InChI=1S/C10H16N4O2.C2HF3O2/c15-7-8-16-10-12-2-1-9(13-10)14-5-3-11-4-6-14;3-2(4,5)1(6)7/h1-2,11,15H,3-8H2;(H,6,7). The van der Waals surface area contributed by atoms with Crippen LogP contribution in [0.15, 0.2) is 12.3 Å². The number of aromatic nitrogens is 2. The maximum atomic E-state index is 10.6. The number of halogens is 3. The number of hydrogen-bond donors (Lipinski definition) is 3. The molecule has 130 valence electrons. The van der Waals surface area contributed by atoms with Gasteiger partial charge in [0.1, 0.15) is 12.4 Å². The Labute approximate surface area is 129 Å². The molecule has 0 unspecified atom stereocenters. The van der Waals surface area contributed by atoms with Crippen molar-refractivity contribution in [3.8, 4) is 6.01 Å². The number of anilines is 1. The van der Waals surface area contributed by atoms with E-state index >= 15 is 0 Å². The molecular formula is C12H17F3N4O4. The smallest absolute Gasteiger partial charge is 0.475 e. The lowest BCUT2D eigenvalue weighted by Gasteiger charge is -2.28. The van der Waals surface area contributed by atoms with Crippen molar-refractivity contribution in [3.05, 3.63) is 12.3 Å². The lowest BCUT2D eigenvalue weighted by atomic mass is 10.3. The first-order chi connectivity index (χ1) is 10.8. The monoisotopic (exact) mass is 338 g/mol. The molecule has 0 radical (unpaired) electrons. The molecule has 1 aliphatic heterocycles. The van der Waals surface area contributed by atoms with Crippen molar-refractivity contribution in [1.82, 2.24) is 15.3 Å². The Balaban J connectivity index is 0.000000322. The zero-order valence-electron chi connectivity index (χ0n) is 12.1. The Hall–Kier alpha value is -2.14. The second kappa shape index (κ2) is 9.10. The fraction of sp³-hybridized carbons (Fsp3) is 0.583. The number of aliphatic hydroxyl groups is 1. The molecule has 0 atom stereocenters. The van der Waals surface area contributed by atoms with E-state index in [2.05, 4.69) is 20.2 Å². The van der Waals surface area contributed by atoms with Crippen LogP contribution in [-0.2, 0) is 4.79 Å². The third-order valence-corrected chi connectivity index (χ3v) is 2.62. The molecule has 8 nitrogen and oxygen atoms in total. The van der Waals surface area contributed by atoms with Crippen LogP contribution in [-0.4, -0.2) is 71.7 Å². The summed E-state index contributed by atoms with van der Waals surface area (Å²) >= 11 is 0. The minimum atomic E-state index is -5.08. The molecule has 2 heterocycles. The fourth-order valence-corrected chi connectivity index (χ4v) is 1.61. The number of piperazine rings is 1. The predicted octanol–water partition coefficient (Wildman–Crippen LogP) is -0.109. The molecule has 0 aliphatic carbocycles. The maximum absolute atomic E-state index is 10.6. The van der Waals surface area contributed by atoms with Gasteiger partial charge in [-0.2, -0.15) is 18.2 Å². The number of aliphatic carboxylic acids is 1. The number of aliphatic hydroxyl groups excluding tert-OH is 1. The fourth-order valence-electron chi connectivity index (χ4n) is 1.61. The van der Waals surface area contributed by atoms with E-state index in [1.54, 1.807) is 6.20 Å². The number of nitrogens with one attached hydrogen (secondary N) is 1. The second-order valence-corrected chi connectivity index (χ2v) is 4.31. The van der Waals surface area contributed by atoms with Gasteiger partial charge in [-0.05, 0) is 6.07 Å². The van der Waals surface area contributed by atoms with Crippen molar-refractivity contribution >= 4 is 11.8 Å². The summed E-state index contributed by atoms with van der Waals surface area (Å²) in [6.45, 7) is 4.02. The van der Waals surface area contributed by atoms with Crippen molar-refractivity contribution in [3.63, 3.8) is 0 Å². The van der Waals surface area contributed by atoms with Gasteiger partial charge in [0.05, 0.1) is 6.61 Å². The van der Waals surface area contributed by atoms with Gasteiger partial charge in [-0.25, -0.2) is 9.78 Å². The highest BCUT2D eigenvalue weighted by molar-refractivity contribution is 5.73. The Bertz CT molecular complexity index is 495. The Morgan fingerprint density at radius 2 is 2.00 bits per heavy atom. The van der Waals surface area contributed by atoms with Crippen LogP contribution in [0.2, 0.25) is 0 Å². The molecule has 1 aliphatic rings. The Morgan fingerprint density at radius 3 is 2.52 bits per heavy atom. The van der Waals surface area contributed by atoms with Gasteiger partial charge in [0, 0.05) is 32.4 Å². The quantitative estimate of drug-likeness (QED) is 0.698. The summed E-state index contributed by atoms with van der Waals surface area (Å²) in [7, 11) is 0. The molecule has 1 fully saturated rings. The van der Waals surface area contributed by atoms with Crippen LogP contribution in [0.25, 0.3) is 0 Å². The van der Waals surface area contributed by atoms with Crippen molar-refractivity contribution in [2.75, 3.05) is 44.3 Å². The summed E-state index contributed by atoms with van der Waals surface area (Å²) in [5.41, 5.74) is 0. The first-order valence-corrected chi connectivity index (χ1v) is 6.67. The Kier molecular flexibility index (Phi) is 7.48. The van der Waals surface area contributed by atoms with Crippen molar-refractivity contribution < 1.29 is 32.9 Å². The van der Waals surface area contributed by atoms with Gasteiger partial charge in [0.2, 0.25) is 0 Å². The molecule has 3 N–H and O–H groups in total. The number of carboxylic acids is 1. The second-order valence-electron chi connectivity index (χ2n) is 4.31. The summed E-state index contributed by atoms with van der Waals surface area (Å²) < 4.78 is 36.9. The number of ether oxygens (including phenoxy) is 1. The molecule has 0 amide bonds. The number of alkyl halides is 3. The average molecular weight is 338 g/mol. The van der Waals surface area contributed by atoms with E-state index in [1.807, 2.05) is 6.07 Å².